The smallest absolute Gasteiger partial charge is 0.253 e. The number of nitrogens with zero attached hydrogens (tertiary/aromatic N) is 3. The molecule has 0 saturated carbocycles. The topological polar surface area (TPSA) is 38.1 Å². The third-order valence-corrected chi connectivity index (χ3v) is 5.55. The van der Waals surface area contributed by atoms with Gasteiger partial charge in [-0.15, -0.1) is 0 Å². The quantitative estimate of drug-likeness (QED) is 0.684. The molecule has 1 aliphatic heterocycles. The van der Waals surface area contributed by atoms with Gasteiger partial charge in [-0.2, -0.15) is 0 Å². The Morgan fingerprint density at radius 2 is 1.85 bits per heavy atom. The highest BCUT2D eigenvalue weighted by Crippen LogP contribution is 2.29. The van der Waals surface area contributed by atoms with Gasteiger partial charge in [0, 0.05) is 24.7 Å². The highest BCUT2D eigenvalue weighted by atomic mass is 19.1. The van der Waals surface area contributed by atoms with Gasteiger partial charge < -0.3 is 9.47 Å². The van der Waals surface area contributed by atoms with Crippen molar-refractivity contribution < 1.29 is 9.18 Å². The summed E-state index contributed by atoms with van der Waals surface area (Å²) in [7, 11) is 0. The van der Waals surface area contributed by atoms with Gasteiger partial charge in [0.25, 0.3) is 5.91 Å². The number of hydrogen-bond donors (Lipinski definition) is 0. The molecule has 0 N–H and O–H groups in total. The van der Waals surface area contributed by atoms with Crippen molar-refractivity contribution in [3.05, 3.63) is 65.2 Å². The van der Waals surface area contributed by atoms with E-state index in [4.69, 9.17) is 0 Å². The SMILES string of the molecule is CCc1ccc(C(=O)N2CCC(n3c(C)nc4ccc(F)cc43)CC2)cc1. The van der Waals surface area contributed by atoms with Gasteiger partial charge in [0.15, 0.2) is 0 Å². The number of aromatic nitrogens is 2. The van der Waals surface area contributed by atoms with Crippen molar-refractivity contribution in [2.45, 2.75) is 39.2 Å². The fraction of sp³-hybridized carbons (Fsp3) is 0.364. The molecule has 140 valence electrons. The number of carbonyl (C=O) groups excluding carboxylic acids is 1. The van der Waals surface area contributed by atoms with Crippen LogP contribution in [0, 0.1) is 12.7 Å². The zero-order valence-electron chi connectivity index (χ0n) is 15.8. The Kier molecular flexibility index (Phi) is 4.68. The van der Waals surface area contributed by atoms with Gasteiger partial charge in [-0.3, -0.25) is 4.79 Å². The molecule has 1 aromatic heterocycles. The average molecular weight is 365 g/mol. The van der Waals surface area contributed by atoms with Crippen LogP contribution in [0.4, 0.5) is 4.39 Å². The highest BCUT2D eigenvalue weighted by Gasteiger charge is 2.26. The van der Waals surface area contributed by atoms with E-state index in [9.17, 15) is 9.18 Å². The molecule has 1 saturated heterocycles. The molecule has 4 nitrogen and oxygen atoms in total. The molecule has 1 aliphatic rings. The Morgan fingerprint density at radius 3 is 2.52 bits per heavy atom. The first-order chi connectivity index (χ1) is 13.1. The molecular weight excluding hydrogens is 341 g/mol. The van der Waals surface area contributed by atoms with Gasteiger partial charge in [-0.05, 0) is 62.1 Å². The Hall–Kier alpha value is -2.69. The Bertz CT molecular complexity index is 969. The first kappa shape index (κ1) is 17.7. The van der Waals surface area contributed by atoms with E-state index in [2.05, 4.69) is 16.5 Å². The van der Waals surface area contributed by atoms with Gasteiger partial charge in [-0.1, -0.05) is 19.1 Å². The number of benzene rings is 2. The minimum absolute atomic E-state index is 0.0920. The Morgan fingerprint density at radius 1 is 1.15 bits per heavy atom. The molecule has 0 unspecified atom stereocenters. The average Bonchev–Trinajstić information content (AvgIpc) is 3.02. The van der Waals surface area contributed by atoms with Crippen molar-refractivity contribution in [1.29, 1.82) is 0 Å². The molecular formula is C22H24FN3O. The van der Waals surface area contributed by atoms with E-state index in [1.807, 2.05) is 36.1 Å². The monoisotopic (exact) mass is 365 g/mol. The Labute approximate surface area is 158 Å². The summed E-state index contributed by atoms with van der Waals surface area (Å²) in [5.74, 6) is 0.747. The van der Waals surface area contributed by atoms with Gasteiger partial charge >= 0.3 is 0 Å². The molecule has 5 heteroatoms. The highest BCUT2D eigenvalue weighted by molar-refractivity contribution is 5.94. The first-order valence-electron chi connectivity index (χ1n) is 9.59. The summed E-state index contributed by atoms with van der Waals surface area (Å²) < 4.78 is 15.8. The van der Waals surface area contributed by atoms with Crippen molar-refractivity contribution in [2.75, 3.05) is 13.1 Å². The predicted molar refractivity (Wildman–Crippen MR) is 104 cm³/mol. The molecule has 2 heterocycles. The summed E-state index contributed by atoms with van der Waals surface area (Å²) >= 11 is 0. The maximum atomic E-state index is 13.7. The van der Waals surface area contributed by atoms with Crippen molar-refractivity contribution in [2.24, 2.45) is 0 Å². The largest absolute Gasteiger partial charge is 0.338 e. The number of imidazole rings is 1. The molecule has 3 aromatic rings. The summed E-state index contributed by atoms with van der Waals surface area (Å²) in [6.07, 6.45) is 2.67. The van der Waals surface area contributed by atoms with Crippen molar-refractivity contribution >= 4 is 16.9 Å². The molecule has 1 fully saturated rings. The van der Waals surface area contributed by atoms with Crippen molar-refractivity contribution in [3.63, 3.8) is 0 Å². The molecule has 1 amide bonds. The molecule has 4 rings (SSSR count). The van der Waals surface area contributed by atoms with Gasteiger partial charge in [-0.25, -0.2) is 9.37 Å². The molecule has 2 aromatic carbocycles. The van der Waals surface area contributed by atoms with E-state index in [1.54, 1.807) is 12.1 Å². The Balaban J connectivity index is 1.49. The summed E-state index contributed by atoms with van der Waals surface area (Å²) in [6.45, 7) is 5.47. The second-order valence-electron chi connectivity index (χ2n) is 7.24. The summed E-state index contributed by atoms with van der Waals surface area (Å²) in [5.41, 5.74) is 3.65. The lowest BCUT2D eigenvalue weighted by Crippen LogP contribution is -2.39. The fourth-order valence-electron chi connectivity index (χ4n) is 4.04. The van der Waals surface area contributed by atoms with E-state index in [1.165, 1.54) is 11.6 Å². The third-order valence-electron chi connectivity index (χ3n) is 5.55. The number of halogens is 1. The zero-order chi connectivity index (χ0) is 19.0. The van der Waals surface area contributed by atoms with E-state index < -0.39 is 0 Å². The van der Waals surface area contributed by atoms with Crippen LogP contribution >= 0.6 is 0 Å². The maximum Gasteiger partial charge on any atom is 0.253 e. The molecule has 0 spiro atoms. The normalized spacial score (nSPS) is 15.4. The molecule has 27 heavy (non-hydrogen) atoms. The van der Waals surface area contributed by atoms with Crippen LogP contribution in [0.3, 0.4) is 0 Å². The summed E-state index contributed by atoms with van der Waals surface area (Å²) in [4.78, 5) is 19.3. The van der Waals surface area contributed by atoms with Crippen LogP contribution in [0.25, 0.3) is 11.0 Å². The van der Waals surface area contributed by atoms with Crippen LogP contribution in [0.5, 0.6) is 0 Å². The second-order valence-corrected chi connectivity index (χ2v) is 7.24. The fourth-order valence-corrected chi connectivity index (χ4v) is 4.04. The standard InChI is InChI=1S/C22H24FN3O/c1-3-16-4-6-17(7-5-16)22(27)25-12-10-19(11-13-25)26-15(2)24-20-9-8-18(23)14-21(20)26/h4-9,14,19H,3,10-13H2,1-2H3. The van der Waals surface area contributed by atoms with Crippen molar-refractivity contribution in [1.82, 2.24) is 14.5 Å². The maximum absolute atomic E-state index is 13.7. The van der Waals surface area contributed by atoms with Crippen LogP contribution in [0.2, 0.25) is 0 Å². The number of aryl methyl sites for hydroxylation is 2. The first-order valence-corrected chi connectivity index (χ1v) is 9.59. The number of carbonyl (C=O) groups is 1. The number of amides is 1. The number of likely N-dealkylation sites (tertiary alicyclic amines) is 1. The van der Waals surface area contributed by atoms with Crippen LogP contribution in [0.15, 0.2) is 42.5 Å². The number of fused-ring (bicyclic) bond motifs is 1. The second kappa shape index (κ2) is 7.14. The molecule has 0 radical (unpaired) electrons. The number of rotatable bonds is 3. The molecule has 0 bridgehead atoms. The minimum atomic E-state index is -0.244. The van der Waals surface area contributed by atoms with Gasteiger partial charge in [0.05, 0.1) is 11.0 Å². The lowest BCUT2D eigenvalue weighted by molar-refractivity contribution is 0.0695. The summed E-state index contributed by atoms with van der Waals surface area (Å²) in [6, 6.07) is 12.9. The van der Waals surface area contributed by atoms with E-state index in [0.717, 1.165) is 41.7 Å². The third kappa shape index (κ3) is 3.34. The van der Waals surface area contributed by atoms with Crippen LogP contribution in [-0.2, 0) is 6.42 Å². The molecule has 0 aliphatic carbocycles. The van der Waals surface area contributed by atoms with E-state index >= 15 is 0 Å². The van der Waals surface area contributed by atoms with E-state index in [-0.39, 0.29) is 17.8 Å². The van der Waals surface area contributed by atoms with Crippen LogP contribution < -0.4 is 0 Å². The zero-order valence-corrected chi connectivity index (χ0v) is 15.8. The minimum Gasteiger partial charge on any atom is -0.338 e. The van der Waals surface area contributed by atoms with Crippen LogP contribution in [0.1, 0.15) is 47.6 Å². The lowest BCUT2D eigenvalue weighted by atomic mass is 10.0. The predicted octanol–water partition coefficient (Wildman–Crippen LogP) is 4.52. The van der Waals surface area contributed by atoms with Crippen molar-refractivity contribution in [3.8, 4) is 0 Å². The lowest BCUT2D eigenvalue weighted by Gasteiger charge is -2.33. The van der Waals surface area contributed by atoms with Gasteiger partial charge in [0.1, 0.15) is 11.6 Å². The van der Waals surface area contributed by atoms with Gasteiger partial charge in [0.2, 0.25) is 0 Å². The molecule has 0 atom stereocenters. The van der Waals surface area contributed by atoms with Crippen LogP contribution in [-0.4, -0.2) is 33.4 Å². The number of piperidine rings is 1. The number of hydrogen-bond acceptors (Lipinski definition) is 2. The summed E-state index contributed by atoms with van der Waals surface area (Å²) in [5, 5.41) is 0. The van der Waals surface area contributed by atoms with E-state index in [0.29, 0.717) is 13.1 Å².